The smallest absolute Gasteiger partial charge is 0.270 e. The zero-order valence-electron chi connectivity index (χ0n) is 10.5. The first-order chi connectivity index (χ1) is 9.56. The van der Waals surface area contributed by atoms with Crippen LogP contribution in [0.15, 0.2) is 68.1 Å². The van der Waals surface area contributed by atoms with E-state index in [4.69, 9.17) is 0 Å². The Morgan fingerprint density at radius 1 is 1.05 bits per heavy atom. The van der Waals surface area contributed by atoms with Crippen molar-refractivity contribution in [2.45, 2.75) is 19.6 Å². The highest BCUT2D eigenvalue weighted by atomic mass is 33.1. The molecule has 0 aromatic heterocycles. The summed E-state index contributed by atoms with van der Waals surface area (Å²) in [6, 6.07) is 14.6. The Balaban J connectivity index is 2.42. The summed E-state index contributed by atoms with van der Waals surface area (Å²) in [5.74, 6) is 0. The minimum atomic E-state index is -3.69. The molecule has 0 bridgehead atoms. The monoisotopic (exact) mass is 344 g/mol. The minimum absolute atomic E-state index is 0.143. The Morgan fingerprint density at radius 3 is 2.35 bits per heavy atom. The minimum Gasteiger partial charge on any atom is -0.270 e. The quantitative estimate of drug-likeness (QED) is 0.502. The Morgan fingerprint density at radius 2 is 1.75 bits per heavy atom. The fourth-order valence-corrected chi connectivity index (χ4v) is 4.37. The van der Waals surface area contributed by atoms with E-state index in [2.05, 4.69) is 15.8 Å². The van der Waals surface area contributed by atoms with Gasteiger partial charge >= 0.3 is 0 Å². The molecule has 0 atom stereocenters. The summed E-state index contributed by atoms with van der Waals surface area (Å²) in [7, 11) is -1.25. The predicted octanol–water partition coefficient (Wildman–Crippen LogP) is 4.11. The number of benzene rings is 2. The maximum atomic E-state index is 11.7. The van der Waals surface area contributed by atoms with E-state index in [9.17, 15) is 8.42 Å². The highest BCUT2D eigenvalue weighted by molar-refractivity contribution is 8.68. The first-order valence-corrected chi connectivity index (χ1v) is 9.65. The predicted molar refractivity (Wildman–Crippen MR) is 86.0 cm³/mol. The first kappa shape index (κ1) is 15.8. The van der Waals surface area contributed by atoms with Crippen LogP contribution in [-0.2, 0) is 14.3 Å². The molecule has 0 aliphatic heterocycles. The average Bonchev–Trinajstić information content (AvgIpc) is 2.48. The van der Waals surface area contributed by atoms with Gasteiger partial charge in [-0.2, -0.15) is 8.42 Å². The normalized spacial score (nSPS) is 11.5. The molecule has 0 unspecified atom stereocenters. The Labute approximate surface area is 132 Å². The molecule has 20 heavy (non-hydrogen) atoms. The van der Waals surface area contributed by atoms with Crippen LogP contribution >= 0.6 is 34.2 Å². The molecule has 0 aliphatic rings. The van der Waals surface area contributed by atoms with Crippen LogP contribution in [-0.4, -0.2) is 15.5 Å². The number of hydrogen-bond acceptors (Lipinski definition) is 6. The van der Waals surface area contributed by atoms with Gasteiger partial charge in [0.25, 0.3) is 10.1 Å². The van der Waals surface area contributed by atoms with Crippen molar-refractivity contribution in [1.29, 1.82) is 0 Å². The topological polar surface area (TPSA) is 43.4 Å². The largest absolute Gasteiger partial charge is 0.296 e. The SMILES string of the molecule is COS(=O)(=O)c1ccc(SS)c(Sc2ccccc2)c1. The Bertz CT molecular complexity index is 684. The molecule has 0 amide bonds. The van der Waals surface area contributed by atoms with Crippen molar-refractivity contribution < 1.29 is 12.6 Å². The van der Waals surface area contributed by atoms with E-state index in [0.717, 1.165) is 21.8 Å². The van der Waals surface area contributed by atoms with E-state index in [1.807, 2.05) is 30.3 Å². The second-order valence-electron chi connectivity index (χ2n) is 3.74. The molecule has 2 aromatic rings. The second-order valence-corrected chi connectivity index (χ2v) is 7.73. The third-order valence-corrected chi connectivity index (χ3v) is 6.10. The summed E-state index contributed by atoms with van der Waals surface area (Å²) in [6.07, 6.45) is 0. The highest BCUT2D eigenvalue weighted by Crippen LogP contribution is 2.38. The molecule has 0 spiro atoms. The number of thiol groups is 1. The van der Waals surface area contributed by atoms with Crippen LogP contribution in [0.5, 0.6) is 0 Å². The van der Waals surface area contributed by atoms with Crippen LogP contribution in [0.2, 0.25) is 0 Å². The van der Waals surface area contributed by atoms with Gasteiger partial charge in [-0.15, -0.1) is 11.7 Å². The van der Waals surface area contributed by atoms with Gasteiger partial charge in [-0.1, -0.05) is 40.8 Å². The van der Waals surface area contributed by atoms with Gasteiger partial charge in [0.15, 0.2) is 0 Å². The molecule has 0 heterocycles. The van der Waals surface area contributed by atoms with Gasteiger partial charge in [0.1, 0.15) is 0 Å². The van der Waals surface area contributed by atoms with Crippen LogP contribution in [0.4, 0.5) is 0 Å². The average molecular weight is 345 g/mol. The Kier molecular flexibility index (Phi) is 5.45. The second kappa shape index (κ2) is 6.91. The molecular formula is C13H12O3S4. The zero-order valence-corrected chi connectivity index (χ0v) is 13.9. The summed E-state index contributed by atoms with van der Waals surface area (Å²) >= 11 is 5.69. The summed E-state index contributed by atoms with van der Waals surface area (Å²) in [4.78, 5) is 2.90. The third-order valence-electron chi connectivity index (χ3n) is 2.49. The Hall–Kier alpha value is -0.600. The van der Waals surface area contributed by atoms with Gasteiger partial charge in [0.05, 0.1) is 12.0 Å². The van der Waals surface area contributed by atoms with Crippen LogP contribution in [0.1, 0.15) is 0 Å². The summed E-state index contributed by atoms with van der Waals surface area (Å²) in [6.45, 7) is 0. The maximum absolute atomic E-state index is 11.7. The van der Waals surface area contributed by atoms with Gasteiger partial charge in [-0.05, 0) is 30.3 Å². The van der Waals surface area contributed by atoms with Crippen LogP contribution in [0.25, 0.3) is 0 Å². The molecule has 2 rings (SSSR count). The van der Waals surface area contributed by atoms with Crippen molar-refractivity contribution in [3.8, 4) is 0 Å². The molecule has 0 fully saturated rings. The summed E-state index contributed by atoms with van der Waals surface area (Å²) in [5, 5.41) is 0. The van der Waals surface area contributed by atoms with E-state index >= 15 is 0 Å². The summed E-state index contributed by atoms with van der Waals surface area (Å²) in [5.41, 5.74) is 0. The lowest BCUT2D eigenvalue weighted by atomic mass is 10.4. The van der Waals surface area contributed by atoms with E-state index < -0.39 is 10.1 Å². The van der Waals surface area contributed by atoms with E-state index in [0.29, 0.717) is 0 Å². The molecule has 2 aromatic carbocycles. The van der Waals surface area contributed by atoms with Crippen LogP contribution in [0, 0.1) is 0 Å². The fourth-order valence-electron chi connectivity index (χ4n) is 1.51. The molecule has 3 nitrogen and oxygen atoms in total. The van der Waals surface area contributed by atoms with Crippen molar-refractivity contribution >= 4 is 44.3 Å². The molecular weight excluding hydrogens is 332 g/mol. The molecule has 0 aliphatic carbocycles. The number of rotatable bonds is 5. The molecule has 0 saturated carbocycles. The third kappa shape index (κ3) is 3.73. The maximum Gasteiger partial charge on any atom is 0.296 e. The molecule has 7 heteroatoms. The van der Waals surface area contributed by atoms with Gasteiger partial charge in [0.2, 0.25) is 0 Å². The van der Waals surface area contributed by atoms with Gasteiger partial charge in [-0.25, -0.2) is 0 Å². The molecule has 0 radical (unpaired) electrons. The van der Waals surface area contributed by atoms with E-state index in [1.165, 1.54) is 28.6 Å². The lowest BCUT2D eigenvalue weighted by Crippen LogP contribution is -2.02. The van der Waals surface area contributed by atoms with Gasteiger partial charge < -0.3 is 0 Å². The molecule has 0 N–H and O–H groups in total. The molecule has 106 valence electrons. The zero-order chi connectivity index (χ0) is 14.6. The fraction of sp³-hybridized carbons (Fsp3) is 0.0769. The van der Waals surface area contributed by atoms with Crippen molar-refractivity contribution in [2.75, 3.05) is 7.11 Å². The van der Waals surface area contributed by atoms with E-state index in [-0.39, 0.29) is 4.90 Å². The number of hydrogen-bond donors (Lipinski definition) is 1. The lowest BCUT2D eigenvalue weighted by molar-refractivity contribution is 0.397. The van der Waals surface area contributed by atoms with Crippen LogP contribution < -0.4 is 0 Å². The van der Waals surface area contributed by atoms with Gasteiger partial charge in [-0.3, -0.25) is 4.18 Å². The standard InChI is InChI=1S/C13H12O3S4/c1-16-20(14,15)11-7-8-12(19-17)13(9-11)18-10-5-3-2-4-6-10/h2-9,17H,1H3. The van der Waals surface area contributed by atoms with E-state index in [1.54, 1.807) is 12.1 Å². The van der Waals surface area contributed by atoms with Crippen molar-refractivity contribution in [1.82, 2.24) is 0 Å². The molecule has 0 saturated heterocycles. The van der Waals surface area contributed by atoms with Crippen molar-refractivity contribution in [3.05, 3.63) is 48.5 Å². The van der Waals surface area contributed by atoms with Gasteiger partial charge in [0, 0.05) is 14.7 Å². The van der Waals surface area contributed by atoms with Crippen molar-refractivity contribution in [2.24, 2.45) is 0 Å². The van der Waals surface area contributed by atoms with Crippen LogP contribution in [0.3, 0.4) is 0 Å². The summed E-state index contributed by atoms with van der Waals surface area (Å²) < 4.78 is 28.0. The van der Waals surface area contributed by atoms with Crippen molar-refractivity contribution in [3.63, 3.8) is 0 Å². The lowest BCUT2D eigenvalue weighted by Gasteiger charge is -2.09. The highest BCUT2D eigenvalue weighted by Gasteiger charge is 2.16. The first-order valence-electron chi connectivity index (χ1n) is 5.56.